The SMILES string of the molecule is CN=C(NCCCCc1nc(C)cs1)NC(C)c1ccc(C)c(F)c1. The second-order valence-electron chi connectivity index (χ2n) is 6.21. The molecule has 0 bridgehead atoms. The van der Waals surface area contributed by atoms with Gasteiger partial charge in [-0.1, -0.05) is 12.1 Å². The maximum Gasteiger partial charge on any atom is 0.191 e. The van der Waals surface area contributed by atoms with Crippen molar-refractivity contribution in [3.63, 3.8) is 0 Å². The monoisotopic (exact) mass is 362 g/mol. The third kappa shape index (κ3) is 6.12. The minimum Gasteiger partial charge on any atom is -0.356 e. The molecule has 1 unspecified atom stereocenters. The molecule has 1 heterocycles. The highest BCUT2D eigenvalue weighted by Gasteiger charge is 2.09. The van der Waals surface area contributed by atoms with Gasteiger partial charge in [0.2, 0.25) is 0 Å². The van der Waals surface area contributed by atoms with E-state index in [-0.39, 0.29) is 11.9 Å². The fraction of sp³-hybridized carbons (Fsp3) is 0.474. The molecule has 0 saturated carbocycles. The lowest BCUT2D eigenvalue weighted by molar-refractivity contribution is 0.606. The first kappa shape index (κ1) is 19.4. The van der Waals surface area contributed by atoms with Crippen LogP contribution in [0.3, 0.4) is 0 Å². The second kappa shape index (κ2) is 9.51. The molecule has 0 aliphatic carbocycles. The van der Waals surface area contributed by atoms with Crippen molar-refractivity contribution in [3.8, 4) is 0 Å². The van der Waals surface area contributed by atoms with Crippen LogP contribution in [0.15, 0.2) is 28.6 Å². The van der Waals surface area contributed by atoms with Gasteiger partial charge in [0.05, 0.1) is 11.0 Å². The number of halogens is 1. The van der Waals surface area contributed by atoms with Crippen molar-refractivity contribution >= 4 is 17.3 Å². The van der Waals surface area contributed by atoms with Gasteiger partial charge in [0.1, 0.15) is 5.82 Å². The Labute approximate surface area is 153 Å². The van der Waals surface area contributed by atoms with Crippen LogP contribution in [0.25, 0.3) is 0 Å². The summed E-state index contributed by atoms with van der Waals surface area (Å²) >= 11 is 1.73. The predicted molar refractivity (Wildman–Crippen MR) is 104 cm³/mol. The first-order chi connectivity index (χ1) is 12.0. The zero-order valence-electron chi connectivity index (χ0n) is 15.4. The van der Waals surface area contributed by atoms with E-state index in [1.165, 1.54) is 5.01 Å². The van der Waals surface area contributed by atoms with Gasteiger partial charge in [-0.25, -0.2) is 9.37 Å². The van der Waals surface area contributed by atoms with Crippen LogP contribution >= 0.6 is 11.3 Å². The smallest absolute Gasteiger partial charge is 0.191 e. The molecule has 2 N–H and O–H groups in total. The molecule has 1 aromatic carbocycles. The Bertz CT molecular complexity index is 711. The van der Waals surface area contributed by atoms with Gasteiger partial charge in [-0.15, -0.1) is 11.3 Å². The summed E-state index contributed by atoms with van der Waals surface area (Å²) in [6, 6.07) is 5.31. The van der Waals surface area contributed by atoms with E-state index >= 15 is 0 Å². The summed E-state index contributed by atoms with van der Waals surface area (Å²) in [7, 11) is 1.75. The number of thiazole rings is 1. The van der Waals surface area contributed by atoms with Gasteiger partial charge < -0.3 is 10.6 Å². The highest BCUT2D eigenvalue weighted by molar-refractivity contribution is 7.09. The number of aryl methyl sites for hydroxylation is 3. The molecule has 0 fully saturated rings. The molecule has 6 heteroatoms. The first-order valence-electron chi connectivity index (χ1n) is 8.64. The van der Waals surface area contributed by atoms with Crippen LogP contribution < -0.4 is 10.6 Å². The number of benzene rings is 1. The standard InChI is InChI=1S/C19H27FN4S/c1-13-8-9-16(11-17(13)20)15(3)24-19(21-4)22-10-6-5-7-18-23-14(2)12-25-18/h8-9,11-12,15H,5-7,10H2,1-4H3,(H2,21,22,24). The number of nitrogens with zero attached hydrogens (tertiary/aromatic N) is 2. The Kier molecular flexibility index (Phi) is 7.37. The molecule has 4 nitrogen and oxygen atoms in total. The molecule has 0 radical (unpaired) electrons. The lowest BCUT2D eigenvalue weighted by Gasteiger charge is -2.18. The predicted octanol–water partition coefficient (Wildman–Crippen LogP) is 4.15. The quantitative estimate of drug-likeness (QED) is 0.442. The number of rotatable bonds is 7. The van der Waals surface area contributed by atoms with Crippen molar-refractivity contribution in [2.24, 2.45) is 4.99 Å². The van der Waals surface area contributed by atoms with Gasteiger partial charge in [-0.05, 0) is 57.2 Å². The van der Waals surface area contributed by atoms with E-state index in [4.69, 9.17) is 0 Å². The number of unbranched alkanes of at least 4 members (excludes halogenated alkanes) is 1. The molecule has 0 amide bonds. The zero-order chi connectivity index (χ0) is 18.2. The molecule has 0 aliphatic heterocycles. The van der Waals surface area contributed by atoms with Crippen LogP contribution in [0.2, 0.25) is 0 Å². The third-order valence-electron chi connectivity index (χ3n) is 4.05. The maximum atomic E-state index is 13.7. The Morgan fingerprint density at radius 2 is 2.12 bits per heavy atom. The van der Waals surface area contributed by atoms with Gasteiger partial charge in [0.25, 0.3) is 0 Å². The van der Waals surface area contributed by atoms with Crippen LogP contribution in [-0.4, -0.2) is 24.5 Å². The second-order valence-corrected chi connectivity index (χ2v) is 7.16. The van der Waals surface area contributed by atoms with Gasteiger partial charge in [0.15, 0.2) is 5.96 Å². The number of hydrogen-bond acceptors (Lipinski definition) is 3. The minimum absolute atomic E-state index is 0.0143. The van der Waals surface area contributed by atoms with Crippen molar-refractivity contribution in [3.05, 3.63) is 51.2 Å². The van der Waals surface area contributed by atoms with E-state index < -0.39 is 0 Å². The summed E-state index contributed by atoms with van der Waals surface area (Å²) in [5, 5.41) is 9.91. The summed E-state index contributed by atoms with van der Waals surface area (Å²) in [6.07, 6.45) is 3.16. The molecule has 0 spiro atoms. The van der Waals surface area contributed by atoms with E-state index in [0.717, 1.165) is 43.0 Å². The van der Waals surface area contributed by atoms with Crippen LogP contribution in [-0.2, 0) is 6.42 Å². The van der Waals surface area contributed by atoms with E-state index in [1.54, 1.807) is 37.4 Å². The Balaban J connectivity index is 1.73. The lowest BCUT2D eigenvalue weighted by Crippen LogP contribution is -2.39. The van der Waals surface area contributed by atoms with Crippen LogP contribution in [0.1, 0.15) is 47.6 Å². The van der Waals surface area contributed by atoms with Gasteiger partial charge >= 0.3 is 0 Å². The number of guanidine groups is 1. The number of nitrogens with one attached hydrogen (secondary N) is 2. The maximum absolute atomic E-state index is 13.7. The van der Waals surface area contributed by atoms with Crippen LogP contribution in [0.5, 0.6) is 0 Å². The zero-order valence-corrected chi connectivity index (χ0v) is 16.2. The molecule has 2 rings (SSSR count). The Hall–Kier alpha value is -1.95. The van der Waals surface area contributed by atoms with E-state index in [0.29, 0.717) is 5.56 Å². The third-order valence-corrected chi connectivity index (χ3v) is 5.08. The largest absolute Gasteiger partial charge is 0.356 e. The minimum atomic E-state index is -0.175. The molecule has 0 aliphatic rings. The normalized spacial score (nSPS) is 12.9. The molecule has 25 heavy (non-hydrogen) atoms. The first-order valence-corrected chi connectivity index (χ1v) is 9.52. The summed E-state index contributed by atoms with van der Waals surface area (Å²) in [5.41, 5.74) is 2.67. The molecular formula is C19H27FN4S. The van der Waals surface area contributed by atoms with Crippen molar-refractivity contribution in [1.29, 1.82) is 0 Å². The molecule has 1 atom stereocenters. The average Bonchev–Trinajstić information content (AvgIpc) is 3.01. The van der Waals surface area contributed by atoms with Crippen molar-refractivity contribution in [1.82, 2.24) is 15.6 Å². The number of hydrogen-bond donors (Lipinski definition) is 2. The molecule has 136 valence electrons. The highest BCUT2D eigenvalue weighted by Crippen LogP contribution is 2.16. The lowest BCUT2D eigenvalue weighted by atomic mass is 10.1. The topological polar surface area (TPSA) is 49.3 Å². The van der Waals surface area contributed by atoms with Crippen LogP contribution in [0.4, 0.5) is 4.39 Å². The summed E-state index contributed by atoms with van der Waals surface area (Å²) in [5.74, 6) is 0.560. The van der Waals surface area contributed by atoms with E-state index in [2.05, 4.69) is 26.0 Å². The van der Waals surface area contributed by atoms with Gasteiger partial charge in [0, 0.05) is 24.7 Å². The number of aliphatic imine (C=N–C) groups is 1. The molecule has 0 saturated heterocycles. The average molecular weight is 363 g/mol. The molecule has 2 aromatic rings. The summed E-state index contributed by atoms with van der Waals surface area (Å²) in [4.78, 5) is 8.72. The van der Waals surface area contributed by atoms with Crippen molar-refractivity contribution < 1.29 is 4.39 Å². The number of aromatic nitrogens is 1. The van der Waals surface area contributed by atoms with Crippen molar-refractivity contribution in [2.75, 3.05) is 13.6 Å². The Morgan fingerprint density at radius 3 is 2.76 bits per heavy atom. The summed E-state index contributed by atoms with van der Waals surface area (Å²) < 4.78 is 13.7. The van der Waals surface area contributed by atoms with Crippen LogP contribution in [0, 0.1) is 19.7 Å². The van der Waals surface area contributed by atoms with Gasteiger partial charge in [-0.3, -0.25) is 4.99 Å². The Morgan fingerprint density at radius 1 is 1.32 bits per heavy atom. The van der Waals surface area contributed by atoms with Gasteiger partial charge in [-0.2, -0.15) is 0 Å². The van der Waals surface area contributed by atoms with E-state index in [9.17, 15) is 4.39 Å². The van der Waals surface area contributed by atoms with Crippen molar-refractivity contribution in [2.45, 2.75) is 46.1 Å². The fourth-order valence-electron chi connectivity index (χ4n) is 2.49. The molecular weight excluding hydrogens is 335 g/mol. The summed E-state index contributed by atoms with van der Waals surface area (Å²) in [6.45, 7) is 6.64. The van der Waals surface area contributed by atoms with E-state index in [1.807, 2.05) is 19.9 Å². The molecule has 1 aromatic heterocycles. The fourth-order valence-corrected chi connectivity index (χ4v) is 3.31. The highest BCUT2D eigenvalue weighted by atomic mass is 32.1.